The second-order valence-electron chi connectivity index (χ2n) is 5.32. The van der Waals surface area contributed by atoms with Crippen LogP contribution in [0.4, 0.5) is 11.4 Å². The maximum Gasteiger partial charge on any atom is 0.218 e. The first-order valence-corrected chi connectivity index (χ1v) is 6.96. The van der Waals surface area contributed by atoms with Crippen molar-refractivity contribution in [1.29, 1.82) is 0 Å². The van der Waals surface area contributed by atoms with Gasteiger partial charge in [0.25, 0.3) is 0 Å². The average molecular weight is 279 g/mol. The summed E-state index contributed by atoms with van der Waals surface area (Å²) < 4.78 is 0. The van der Waals surface area contributed by atoms with Gasteiger partial charge in [0.05, 0.1) is 11.2 Å². The monoisotopic (exact) mass is 279 g/mol. The highest BCUT2D eigenvalue weighted by atomic mass is 16.3. The Bertz CT molecular complexity index is 788. The first kappa shape index (κ1) is 13.4. The van der Waals surface area contributed by atoms with Crippen LogP contribution >= 0.6 is 0 Å². The van der Waals surface area contributed by atoms with Crippen molar-refractivity contribution in [3.05, 3.63) is 54.1 Å². The summed E-state index contributed by atoms with van der Waals surface area (Å²) in [6.45, 7) is 4.28. The average Bonchev–Trinajstić information content (AvgIpc) is 2.80. The van der Waals surface area contributed by atoms with E-state index in [1.807, 2.05) is 42.5 Å². The van der Waals surface area contributed by atoms with Crippen molar-refractivity contribution < 1.29 is 5.11 Å². The lowest BCUT2D eigenvalue weighted by Gasteiger charge is -2.04. The van der Waals surface area contributed by atoms with Crippen molar-refractivity contribution in [2.75, 3.05) is 0 Å². The molecule has 0 aliphatic carbocycles. The molecule has 0 amide bonds. The van der Waals surface area contributed by atoms with Crippen LogP contribution in [0.25, 0.3) is 10.9 Å². The van der Waals surface area contributed by atoms with E-state index in [1.54, 1.807) is 0 Å². The highest BCUT2D eigenvalue weighted by molar-refractivity contribution is 5.94. The second-order valence-corrected chi connectivity index (χ2v) is 5.32. The molecule has 1 heterocycles. The number of hydrogen-bond acceptors (Lipinski definition) is 3. The number of azo groups is 1. The molecule has 0 saturated carbocycles. The minimum Gasteiger partial charge on any atom is -0.493 e. The van der Waals surface area contributed by atoms with Gasteiger partial charge < -0.3 is 10.1 Å². The van der Waals surface area contributed by atoms with Crippen LogP contribution in [0.1, 0.15) is 25.3 Å². The minimum atomic E-state index is 0.0468. The normalized spacial score (nSPS) is 11.8. The molecule has 0 bridgehead atoms. The van der Waals surface area contributed by atoms with Crippen molar-refractivity contribution in [2.24, 2.45) is 10.2 Å². The molecule has 0 radical (unpaired) electrons. The number of benzene rings is 2. The smallest absolute Gasteiger partial charge is 0.218 e. The lowest BCUT2D eigenvalue weighted by Crippen LogP contribution is -1.85. The fourth-order valence-corrected chi connectivity index (χ4v) is 2.25. The van der Waals surface area contributed by atoms with Gasteiger partial charge in [-0.3, -0.25) is 0 Å². The third kappa shape index (κ3) is 2.65. The van der Waals surface area contributed by atoms with E-state index < -0.39 is 0 Å². The third-order valence-electron chi connectivity index (χ3n) is 3.46. The van der Waals surface area contributed by atoms with Gasteiger partial charge in [-0.2, -0.15) is 5.11 Å². The van der Waals surface area contributed by atoms with Crippen molar-refractivity contribution in [3.63, 3.8) is 0 Å². The molecule has 0 spiro atoms. The number of fused-ring (bicyclic) bond motifs is 1. The van der Waals surface area contributed by atoms with Gasteiger partial charge >= 0.3 is 0 Å². The van der Waals surface area contributed by atoms with Crippen LogP contribution in [0.5, 0.6) is 5.88 Å². The van der Waals surface area contributed by atoms with Crippen LogP contribution in [0.15, 0.2) is 58.8 Å². The van der Waals surface area contributed by atoms with E-state index in [0.717, 1.165) is 16.6 Å². The van der Waals surface area contributed by atoms with E-state index in [4.69, 9.17) is 0 Å². The molecule has 0 aliphatic heterocycles. The number of hydrogen-bond donors (Lipinski definition) is 2. The van der Waals surface area contributed by atoms with Gasteiger partial charge in [-0.25, -0.2) is 0 Å². The summed E-state index contributed by atoms with van der Waals surface area (Å²) in [5.74, 6) is 0.486. The highest BCUT2D eigenvalue weighted by Gasteiger charge is 2.11. The predicted octanol–water partition coefficient (Wildman–Crippen LogP) is 5.41. The molecule has 3 aromatic rings. The molecule has 4 heteroatoms. The molecule has 21 heavy (non-hydrogen) atoms. The number of nitrogens with one attached hydrogen (secondary N) is 1. The van der Waals surface area contributed by atoms with Crippen molar-refractivity contribution >= 4 is 22.3 Å². The van der Waals surface area contributed by atoms with Crippen molar-refractivity contribution in [3.8, 4) is 5.88 Å². The number of H-pyrrole nitrogens is 1. The fraction of sp³-hybridized carbons (Fsp3) is 0.176. The van der Waals surface area contributed by atoms with Gasteiger partial charge in [-0.1, -0.05) is 44.2 Å². The first-order chi connectivity index (χ1) is 10.1. The van der Waals surface area contributed by atoms with Crippen LogP contribution in [-0.4, -0.2) is 10.1 Å². The molecule has 0 aliphatic rings. The molecular formula is C17H17N3O. The Labute approximate surface area is 123 Å². The lowest BCUT2D eigenvalue weighted by molar-refractivity contribution is 0.459. The van der Waals surface area contributed by atoms with Gasteiger partial charge in [0.1, 0.15) is 0 Å². The van der Waals surface area contributed by atoms with E-state index in [9.17, 15) is 5.11 Å². The van der Waals surface area contributed by atoms with Gasteiger partial charge in [0.15, 0.2) is 5.69 Å². The zero-order valence-corrected chi connectivity index (χ0v) is 12.0. The van der Waals surface area contributed by atoms with E-state index >= 15 is 0 Å². The quantitative estimate of drug-likeness (QED) is 0.618. The zero-order chi connectivity index (χ0) is 14.8. The number of aromatic nitrogens is 1. The molecular weight excluding hydrogens is 262 g/mol. The zero-order valence-electron chi connectivity index (χ0n) is 12.0. The van der Waals surface area contributed by atoms with Crippen LogP contribution < -0.4 is 0 Å². The maximum atomic E-state index is 10.0. The molecule has 0 saturated heterocycles. The SMILES string of the molecule is CC(C)c1ccc2c(N=Nc3ccccc3)c(O)[nH]c2c1. The molecule has 1 aromatic heterocycles. The molecule has 0 fully saturated rings. The topological polar surface area (TPSA) is 60.7 Å². The summed E-state index contributed by atoms with van der Waals surface area (Å²) in [7, 11) is 0. The van der Waals surface area contributed by atoms with E-state index in [2.05, 4.69) is 35.1 Å². The van der Waals surface area contributed by atoms with Gasteiger partial charge in [-0.05, 0) is 29.7 Å². The molecule has 3 rings (SSSR count). The van der Waals surface area contributed by atoms with Crippen LogP contribution in [-0.2, 0) is 0 Å². The minimum absolute atomic E-state index is 0.0468. The van der Waals surface area contributed by atoms with E-state index in [0.29, 0.717) is 11.6 Å². The number of nitrogens with zero attached hydrogens (tertiary/aromatic N) is 2. The molecule has 2 N–H and O–H groups in total. The molecule has 0 atom stereocenters. The highest BCUT2D eigenvalue weighted by Crippen LogP contribution is 2.37. The summed E-state index contributed by atoms with van der Waals surface area (Å²) in [6.07, 6.45) is 0. The largest absolute Gasteiger partial charge is 0.493 e. The summed E-state index contributed by atoms with van der Waals surface area (Å²) >= 11 is 0. The Morgan fingerprint density at radius 3 is 2.48 bits per heavy atom. The maximum absolute atomic E-state index is 10.0. The van der Waals surface area contributed by atoms with Crippen LogP contribution in [0, 0.1) is 0 Å². The number of aromatic amines is 1. The number of aromatic hydroxyl groups is 1. The van der Waals surface area contributed by atoms with Crippen molar-refractivity contribution in [1.82, 2.24) is 4.98 Å². The fourth-order valence-electron chi connectivity index (χ4n) is 2.25. The Kier molecular flexibility index (Phi) is 3.44. The van der Waals surface area contributed by atoms with Crippen molar-refractivity contribution in [2.45, 2.75) is 19.8 Å². The summed E-state index contributed by atoms with van der Waals surface area (Å²) in [5.41, 5.74) is 3.32. The van der Waals surface area contributed by atoms with E-state index in [-0.39, 0.29) is 5.88 Å². The van der Waals surface area contributed by atoms with E-state index in [1.165, 1.54) is 5.56 Å². The van der Waals surface area contributed by atoms with Crippen LogP contribution in [0.2, 0.25) is 0 Å². The van der Waals surface area contributed by atoms with Gasteiger partial charge in [-0.15, -0.1) is 5.11 Å². The second kappa shape index (κ2) is 5.40. The Hall–Kier alpha value is -2.62. The Balaban J connectivity index is 2.03. The molecule has 4 nitrogen and oxygen atoms in total. The third-order valence-corrected chi connectivity index (χ3v) is 3.46. The van der Waals surface area contributed by atoms with Gasteiger partial charge in [0, 0.05) is 5.39 Å². The lowest BCUT2D eigenvalue weighted by atomic mass is 10.0. The predicted molar refractivity (Wildman–Crippen MR) is 84.7 cm³/mol. The Morgan fingerprint density at radius 1 is 1.00 bits per heavy atom. The molecule has 106 valence electrons. The standard InChI is InChI=1S/C17H17N3O/c1-11(2)12-8-9-14-15(10-12)18-17(21)16(14)20-19-13-6-4-3-5-7-13/h3-11,18,21H,1-2H3. The van der Waals surface area contributed by atoms with Crippen LogP contribution in [0.3, 0.4) is 0 Å². The molecule has 2 aromatic carbocycles. The first-order valence-electron chi connectivity index (χ1n) is 6.96. The molecule has 0 unspecified atom stereocenters. The Morgan fingerprint density at radius 2 is 1.76 bits per heavy atom. The number of rotatable bonds is 3. The summed E-state index contributed by atoms with van der Waals surface area (Å²) in [5, 5.41) is 19.2. The summed E-state index contributed by atoms with van der Waals surface area (Å²) in [6, 6.07) is 15.5. The summed E-state index contributed by atoms with van der Waals surface area (Å²) in [4.78, 5) is 2.96. The van der Waals surface area contributed by atoms with Gasteiger partial charge in [0.2, 0.25) is 5.88 Å².